The summed E-state index contributed by atoms with van der Waals surface area (Å²) in [5.74, 6) is -1.62. The van der Waals surface area contributed by atoms with E-state index >= 15 is 0 Å². The summed E-state index contributed by atoms with van der Waals surface area (Å²) in [6, 6.07) is 0. The molecular formula is C12H19NO4. The Morgan fingerprint density at radius 3 is 2.24 bits per heavy atom. The van der Waals surface area contributed by atoms with Crippen molar-refractivity contribution in [2.75, 3.05) is 26.3 Å². The second kappa shape index (κ2) is 5.49. The van der Waals surface area contributed by atoms with Crippen molar-refractivity contribution >= 4 is 11.9 Å². The molecule has 5 nitrogen and oxygen atoms in total. The molecule has 2 rings (SSSR count). The van der Waals surface area contributed by atoms with Gasteiger partial charge in [0.25, 0.3) is 0 Å². The Morgan fingerprint density at radius 2 is 1.65 bits per heavy atom. The summed E-state index contributed by atoms with van der Waals surface area (Å²) in [6.45, 7) is 2.33. The van der Waals surface area contributed by atoms with Crippen LogP contribution in [0.1, 0.15) is 25.7 Å². The number of hydrogen-bond donors (Lipinski definition) is 1. The van der Waals surface area contributed by atoms with Gasteiger partial charge in [-0.05, 0) is 12.8 Å². The van der Waals surface area contributed by atoms with Crippen molar-refractivity contribution in [1.29, 1.82) is 0 Å². The average Bonchev–Trinajstić information content (AvgIpc) is 2.39. The first-order valence-corrected chi connectivity index (χ1v) is 6.29. The van der Waals surface area contributed by atoms with Crippen LogP contribution in [0, 0.1) is 11.8 Å². The highest BCUT2D eigenvalue weighted by atomic mass is 16.5. The van der Waals surface area contributed by atoms with Crippen molar-refractivity contribution in [3.8, 4) is 0 Å². The molecule has 2 atom stereocenters. The fourth-order valence-electron chi connectivity index (χ4n) is 2.74. The van der Waals surface area contributed by atoms with Gasteiger partial charge in [-0.3, -0.25) is 9.59 Å². The van der Waals surface area contributed by atoms with Crippen LogP contribution in [0.3, 0.4) is 0 Å². The van der Waals surface area contributed by atoms with Gasteiger partial charge in [-0.15, -0.1) is 0 Å². The molecule has 1 aliphatic heterocycles. The smallest absolute Gasteiger partial charge is 0.307 e. The van der Waals surface area contributed by atoms with Crippen LogP contribution in [-0.4, -0.2) is 48.2 Å². The Hall–Kier alpha value is -1.10. The summed E-state index contributed by atoms with van der Waals surface area (Å²) in [7, 11) is 0. The van der Waals surface area contributed by atoms with Crippen molar-refractivity contribution in [3.05, 3.63) is 0 Å². The fraction of sp³-hybridized carbons (Fsp3) is 0.833. The molecule has 0 spiro atoms. The molecule has 0 bridgehead atoms. The van der Waals surface area contributed by atoms with Crippen molar-refractivity contribution < 1.29 is 19.4 Å². The van der Waals surface area contributed by atoms with Gasteiger partial charge in [0.15, 0.2) is 0 Å². The number of carbonyl (C=O) groups excluding carboxylic acids is 1. The number of carbonyl (C=O) groups is 2. The topological polar surface area (TPSA) is 66.8 Å². The summed E-state index contributed by atoms with van der Waals surface area (Å²) in [5.41, 5.74) is 0. The Balaban J connectivity index is 2.02. The van der Waals surface area contributed by atoms with Gasteiger partial charge in [0.05, 0.1) is 25.0 Å². The molecule has 1 heterocycles. The summed E-state index contributed by atoms with van der Waals surface area (Å²) in [6.07, 6.45) is 3.23. The number of aliphatic carboxylic acids is 1. The third-order valence-electron chi connectivity index (χ3n) is 3.72. The molecule has 96 valence electrons. The molecule has 1 saturated heterocycles. The summed E-state index contributed by atoms with van der Waals surface area (Å²) in [5, 5.41) is 9.16. The Morgan fingerprint density at radius 1 is 1.06 bits per heavy atom. The fourth-order valence-corrected chi connectivity index (χ4v) is 2.74. The van der Waals surface area contributed by atoms with Crippen LogP contribution in [0.25, 0.3) is 0 Å². The molecule has 0 aromatic carbocycles. The van der Waals surface area contributed by atoms with Gasteiger partial charge in [0, 0.05) is 13.1 Å². The first-order chi connectivity index (χ1) is 8.20. The zero-order valence-electron chi connectivity index (χ0n) is 9.93. The maximum absolute atomic E-state index is 12.3. The molecule has 0 aromatic rings. The van der Waals surface area contributed by atoms with Crippen molar-refractivity contribution in [2.24, 2.45) is 11.8 Å². The molecule has 1 aliphatic carbocycles. The minimum Gasteiger partial charge on any atom is -0.481 e. The SMILES string of the molecule is O=C(O)[C@@H]1CCCC[C@@H]1C(=O)N1CCOCC1. The van der Waals surface area contributed by atoms with E-state index in [0.29, 0.717) is 39.1 Å². The number of carboxylic acids is 1. The molecule has 1 saturated carbocycles. The number of rotatable bonds is 2. The van der Waals surface area contributed by atoms with E-state index < -0.39 is 11.9 Å². The van der Waals surface area contributed by atoms with Gasteiger partial charge in [-0.1, -0.05) is 12.8 Å². The molecule has 0 aromatic heterocycles. The van der Waals surface area contributed by atoms with E-state index in [1.807, 2.05) is 0 Å². The zero-order valence-corrected chi connectivity index (χ0v) is 9.93. The first kappa shape index (κ1) is 12.4. The lowest BCUT2D eigenvalue weighted by molar-refractivity contribution is -0.154. The van der Waals surface area contributed by atoms with E-state index in [-0.39, 0.29) is 11.8 Å². The second-order valence-corrected chi connectivity index (χ2v) is 4.77. The first-order valence-electron chi connectivity index (χ1n) is 6.29. The molecule has 0 radical (unpaired) electrons. The van der Waals surface area contributed by atoms with Crippen LogP contribution in [0.2, 0.25) is 0 Å². The predicted molar refractivity (Wildman–Crippen MR) is 60.5 cm³/mol. The third kappa shape index (κ3) is 2.77. The zero-order chi connectivity index (χ0) is 12.3. The molecule has 2 fully saturated rings. The van der Waals surface area contributed by atoms with Crippen molar-refractivity contribution in [2.45, 2.75) is 25.7 Å². The van der Waals surface area contributed by atoms with E-state index in [4.69, 9.17) is 9.84 Å². The lowest BCUT2D eigenvalue weighted by Crippen LogP contribution is -2.47. The van der Waals surface area contributed by atoms with Crippen molar-refractivity contribution in [1.82, 2.24) is 4.90 Å². The number of morpholine rings is 1. The van der Waals surface area contributed by atoms with Crippen LogP contribution >= 0.6 is 0 Å². The van der Waals surface area contributed by atoms with Gasteiger partial charge >= 0.3 is 5.97 Å². The van der Waals surface area contributed by atoms with E-state index in [1.54, 1.807) is 4.90 Å². The maximum atomic E-state index is 12.3. The lowest BCUT2D eigenvalue weighted by atomic mass is 9.78. The van der Waals surface area contributed by atoms with E-state index in [1.165, 1.54) is 0 Å². The van der Waals surface area contributed by atoms with Gasteiger partial charge < -0.3 is 14.7 Å². The molecule has 1 amide bonds. The van der Waals surface area contributed by atoms with E-state index in [0.717, 1.165) is 12.8 Å². The van der Waals surface area contributed by atoms with Crippen LogP contribution in [0.4, 0.5) is 0 Å². The second-order valence-electron chi connectivity index (χ2n) is 4.77. The summed E-state index contributed by atoms with van der Waals surface area (Å²) < 4.78 is 5.20. The third-order valence-corrected chi connectivity index (χ3v) is 3.72. The largest absolute Gasteiger partial charge is 0.481 e. The van der Waals surface area contributed by atoms with Crippen LogP contribution in [0.15, 0.2) is 0 Å². The number of ether oxygens (including phenoxy) is 1. The number of hydrogen-bond acceptors (Lipinski definition) is 3. The molecule has 1 N–H and O–H groups in total. The van der Waals surface area contributed by atoms with E-state index in [9.17, 15) is 9.59 Å². The number of nitrogens with zero attached hydrogens (tertiary/aromatic N) is 1. The Bertz CT molecular complexity index is 299. The van der Waals surface area contributed by atoms with Gasteiger partial charge in [-0.2, -0.15) is 0 Å². The molecule has 2 aliphatic rings. The average molecular weight is 241 g/mol. The van der Waals surface area contributed by atoms with Gasteiger partial charge in [0.2, 0.25) is 5.91 Å². The highest BCUT2D eigenvalue weighted by Crippen LogP contribution is 2.31. The van der Waals surface area contributed by atoms with E-state index in [2.05, 4.69) is 0 Å². The van der Waals surface area contributed by atoms with Crippen LogP contribution < -0.4 is 0 Å². The Kier molecular flexibility index (Phi) is 3.99. The minimum absolute atomic E-state index is 0.0143. The highest BCUT2D eigenvalue weighted by molar-refractivity contribution is 5.85. The molecule has 0 unspecified atom stereocenters. The molecular weight excluding hydrogens is 222 g/mol. The summed E-state index contributed by atoms with van der Waals surface area (Å²) >= 11 is 0. The lowest BCUT2D eigenvalue weighted by Gasteiger charge is -2.34. The predicted octanol–water partition coefficient (Wildman–Crippen LogP) is 0.736. The van der Waals surface area contributed by atoms with Gasteiger partial charge in [-0.25, -0.2) is 0 Å². The maximum Gasteiger partial charge on any atom is 0.307 e. The quantitative estimate of drug-likeness (QED) is 0.774. The van der Waals surface area contributed by atoms with Crippen molar-refractivity contribution in [3.63, 3.8) is 0 Å². The van der Waals surface area contributed by atoms with Crippen LogP contribution in [0.5, 0.6) is 0 Å². The normalized spacial score (nSPS) is 30.0. The summed E-state index contributed by atoms with van der Waals surface area (Å²) in [4.78, 5) is 25.2. The number of amides is 1. The van der Waals surface area contributed by atoms with Gasteiger partial charge in [0.1, 0.15) is 0 Å². The molecule has 17 heavy (non-hydrogen) atoms. The van der Waals surface area contributed by atoms with Crippen LogP contribution in [-0.2, 0) is 14.3 Å². The standard InChI is InChI=1S/C12H19NO4/c14-11(13-5-7-17-8-6-13)9-3-1-2-4-10(9)12(15)16/h9-10H,1-8H2,(H,15,16)/t9-,10+/m0/s1. The highest BCUT2D eigenvalue weighted by Gasteiger charge is 2.38. The molecule has 5 heteroatoms. The Labute approximate surface area is 101 Å². The number of carboxylic acid groups (broad SMARTS) is 1. The monoisotopic (exact) mass is 241 g/mol. The minimum atomic E-state index is -0.823.